The second-order valence-electron chi connectivity index (χ2n) is 15.6. The number of likely N-dealkylation sites (tertiary alicyclic amines) is 1. The lowest BCUT2D eigenvalue weighted by Crippen LogP contribution is -2.46. The van der Waals surface area contributed by atoms with E-state index in [1.165, 1.54) is 0 Å². The van der Waals surface area contributed by atoms with E-state index in [0.717, 1.165) is 94.1 Å². The molecule has 11 nitrogen and oxygen atoms in total. The van der Waals surface area contributed by atoms with Gasteiger partial charge in [0.2, 0.25) is 0 Å². The van der Waals surface area contributed by atoms with Gasteiger partial charge in [0.05, 0.1) is 36.4 Å². The van der Waals surface area contributed by atoms with Crippen LogP contribution in [-0.4, -0.2) is 79.4 Å². The first-order valence-electron chi connectivity index (χ1n) is 20.0. The second-order valence-corrected chi connectivity index (χ2v) is 17.5. The number of amides is 2. The van der Waals surface area contributed by atoms with Gasteiger partial charge in [0, 0.05) is 96.0 Å². The van der Waals surface area contributed by atoms with Crippen LogP contribution in [0.3, 0.4) is 0 Å². The van der Waals surface area contributed by atoms with Crippen LogP contribution in [0.2, 0.25) is 0 Å². The van der Waals surface area contributed by atoms with Gasteiger partial charge in [-0.1, -0.05) is 55.1 Å². The average molecular weight is 931 g/mol. The van der Waals surface area contributed by atoms with Crippen molar-refractivity contribution in [1.82, 2.24) is 29.7 Å². The number of piperidine rings is 1. The maximum Gasteiger partial charge on any atom is 0.295 e. The molecule has 0 radical (unpaired) electrons. The smallest absolute Gasteiger partial charge is 0.295 e. The fourth-order valence-electron chi connectivity index (χ4n) is 8.72. The number of nitrogens with zero attached hydrogens (tertiary/aromatic N) is 2. The molecule has 2 saturated heterocycles. The van der Waals surface area contributed by atoms with Gasteiger partial charge in [-0.05, 0) is 99.3 Å². The van der Waals surface area contributed by atoms with Crippen molar-refractivity contribution < 1.29 is 23.9 Å². The predicted molar refractivity (Wildman–Crippen MR) is 240 cm³/mol. The molecule has 2 amide bonds. The third-order valence-electron chi connectivity index (χ3n) is 11.8. The number of morpholine rings is 1. The SMILES string of the molecule is Cc1ccc2[nH]cc(C(=O)C(=O)N3CCCCC3c3c[nH]c4ccc(Br)cc34)c2c1.Cc1ccc2[nH]cc(C(=O)C(=O)N3CCOCC3c3c[nH]c4ccc(Br)cc34)c2c1. The van der Waals surface area contributed by atoms with Gasteiger partial charge in [-0.25, -0.2) is 0 Å². The van der Waals surface area contributed by atoms with Crippen molar-refractivity contribution in [2.75, 3.05) is 26.3 Å². The van der Waals surface area contributed by atoms with Crippen LogP contribution in [0.1, 0.15) is 74.3 Å². The number of rotatable bonds is 6. The predicted octanol–water partition coefficient (Wildman–Crippen LogP) is 10.2. The molecule has 4 N–H and O–H groups in total. The van der Waals surface area contributed by atoms with Gasteiger partial charge in [0.25, 0.3) is 23.4 Å². The summed E-state index contributed by atoms with van der Waals surface area (Å²) in [7, 11) is 0. The van der Waals surface area contributed by atoms with Crippen LogP contribution in [0, 0.1) is 13.8 Å². The van der Waals surface area contributed by atoms with Crippen molar-refractivity contribution >= 4 is 98.9 Å². The second kappa shape index (κ2) is 16.4. The molecular formula is C47H42Br2N6O5. The number of Topliss-reactive ketones (excluding diaryl/α,β-unsaturated/α-hetero) is 2. The van der Waals surface area contributed by atoms with Crippen molar-refractivity contribution in [3.05, 3.63) is 140 Å². The molecule has 60 heavy (non-hydrogen) atoms. The number of benzene rings is 4. The van der Waals surface area contributed by atoms with Crippen LogP contribution >= 0.6 is 31.9 Å². The first-order chi connectivity index (χ1) is 29.0. The van der Waals surface area contributed by atoms with Gasteiger partial charge >= 0.3 is 0 Å². The molecule has 4 aromatic carbocycles. The third-order valence-corrected chi connectivity index (χ3v) is 12.8. The Morgan fingerprint density at radius 1 is 0.567 bits per heavy atom. The minimum atomic E-state index is -0.505. The Kier molecular flexibility index (Phi) is 10.8. The average Bonchev–Trinajstić information content (AvgIpc) is 4.07. The summed E-state index contributed by atoms with van der Waals surface area (Å²) in [5, 5.41) is 3.67. The van der Waals surface area contributed by atoms with Crippen LogP contribution in [0.25, 0.3) is 43.6 Å². The van der Waals surface area contributed by atoms with Crippen LogP contribution < -0.4 is 0 Å². The fraction of sp³-hybridized carbons (Fsp3) is 0.234. The van der Waals surface area contributed by atoms with Gasteiger partial charge < -0.3 is 34.5 Å². The molecule has 0 saturated carbocycles. The van der Waals surface area contributed by atoms with E-state index in [4.69, 9.17) is 4.74 Å². The standard InChI is InChI=1S/C24H22BrN3O2.C23H20BrN3O3/c1-14-5-7-20-16(10-14)19(13-27-20)23(29)24(30)28-9-3-2-4-22(28)18-12-26-21-8-6-15(25)11-17(18)21;1-13-2-4-19-15(8-13)18(11-26-19)22(28)23(29)27-6-7-30-12-21(27)17-10-25-20-5-3-14(24)9-16(17)20/h5-8,10-13,22,26-27H,2-4,9H2,1H3;2-5,8-11,21,25-26H,6-7,12H2,1H3. The highest BCUT2D eigenvalue weighted by Crippen LogP contribution is 2.37. The molecule has 0 spiro atoms. The van der Waals surface area contributed by atoms with Gasteiger partial charge in [-0.3, -0.25) is 19.2 Å². The highest BCUT2D eigenvalue weighted by atomic mass is 79.9. The molecule has 2 aliphatic heterocycles. The van der Waals surface area contributed by atoms with Crippen LogP contribution in [0.4, 0.5) is 0 Å². The number of fused-ring (bicyclic) bond motifs is 4. The number of aromatic nitrogens is 4. The molecule has 2 aliphatic rings. The minimum Gasteiger partial charge on any atom is -0.377 e. The Morgan fingerprint density at radius 2 is 1.03 bits per heavy atom. The van der Waals surface area contributed by atoms with Crippen LogP contribution in [-0.2, 0) is 14.3 Å². The number of carbonyl (C=O) groups excluding carboxylic acids is 4. The Balaban J connectivity index is 0.000000154. The highest BCUT2D eigenvalue weighted by molar-refractivity contribution is 9.10. The van der Waals surface area contributed by atoms with Crippen molar-refractivity contribution in [2.24, 2.45) is 0 Å². The number of hydrogen-bond acceptors (Lipinski definition) is 5. The quantitative estimate of drug-likeness (QED) is 0.0969. The number of aryl methyl sites for hydroxylation is 2. The number of ether oxygens (including phenoxy) is 1. The van der Waals surface area contributed by atoms with E-state index < -0.39 is 23.4 Å². The number of carbonyl (C=O) groups is 4. The Hall–Kier alpha value is -5.76. The lowest BCUT2D eigenvalue weighted by Gasteiger charge is -2.35. The van der Waals surface area contributed by atoms with E-state index in [9.17, 15) is 19.2 Å². The van der Waals surface area contributed by atoms with Gasteiger partial charge in [-0.2, -0.15) is 0 Å². The number of ketones is 2. The monoisotopic (exact) mass is 928 g/mol. The Bertz CT molecular complexity index is 2780. The molecule has 10 rings (SSSR count). The van der Waals surface area contributed by atoms with Crippen molar-refractivity contribution in [3.8, 4) is 0 Å². The molecule has 304 valence electrons. The van der Waals surface area contributed by atoms with E-state index in [2.05, 4.69) is 57.9 Å². The summed E-state index contributed by atoms with van der Waals surface area (Å²) in [5.41, 5.74) is 8.69. The van der Waals surface area contributed by atoms with Crippen LogP contribution in [0.15, 0.2) is 107 Å². The molecule has 0 aliphatic carbocycles. The maximum atomic E-state index is 13.4. The molecule has 2 fully saturated rings. The summed E-state index contributed by atoms with van der Waals surface area (Å²) in [6.07, 6.45) is 9.97. The first kappa shape index (κ1) is 39.7. The number of nitrogens with one attached hydrogen (secondary N) is 4. The van der Waals surface area contributed by atoms with E-state index in [1.807, 2.05) is 93.0 Å². The third kappa shape index (κ3) is 7.39. The summed E-state index contributed by atoms with van der Waals surface area (Å²) in [5.74, 6) is -1.87. The maximum absolute atomic E-state index is 13.4. The lowest BCUT2D eigenvalue weighted by atomic mass is 9.94. The zero-order valence-corrected chi connectivity index (χ0v) is 36.2. The Morgan fingerprint density at radius 3 is 1.58 bits per heavy atom. The molecular weight excluding hydrogens is 888 g/mol. The van der Waals surface area contributed by atoms with Crippen molar-refractivity contribution in [1.29, 1.82) is 0 Å². The van der Waals surface area contributed by atoms with E-state index in [-0.39, 0.29) is 12.1 Å². The summed E-state index contributed by atoms with van der Waals surface area (Å²) in [6.45, 7) is 5.68. The summed E-state index contributed by atoms with van der Waals surface area (Å²) in [6, 6.07) is 23.3. The lowest BCUT2D eigenvalue weighted by molar-refractivity contribution is -0.135. The number of hydrogen-bond donors (Lipinski definition) is 4. The molecule has 4 aromatic heterocycles. The molecule has 13 heteroatoms. The summed E-state index contributed by atoms with van der Waals surface area (Å²) >= 11 is 7.06. The topological polar surface area (TPSA) is 147 Å². The minimum absolute atomic E-state index is 0.106. The normalized spacial score (nSPS) is 17.0. The summed E-state index contributed by atoms with van der Waals surface area (Å²) in [4.78, 5) is 69.3. The molecule has 6 heterocycles. The van der Waals surface area contributed by atoms with E-state index in [0.29, 0.717) is 37.4 Å². The molecule has 0 bridgehead atoms. The van der Waals surface area contributed by atoms with Gasteiger partial charge in [0.15, 0.2) is 0 Å². The number of H-pyrrole nitrogens is 4. The van der Waals surface area contributed by atoms with E-state index >= 15 is 0 Å². The van der Waals surface area contributed by atoms with Crippen molar-refractivity contribution in [2.45, 2.75) is 45.2 Å². The van der Waals surface area contributed by atoms with E-state index in [1.54, 1.807) is 22.2 Å². The molecule has 2 atom stereocenters. The molecule has 8 aromatic rings. The highest BCUT2D eigenvalue weighted by Gasteiger charge is 2.36. The largest absolute Gasteiger partial charge is 0.377 e. The van der Waals surface area contributed by atoms with Gasteiger partial charge in [-0.15, -0.1) is 0 Å². The zero-order chi connectivity index (χ0) is 41.7. The zero-order valence-electron chi connectivity index (χ0n) is 33.0. The van der Waals surface area contributed by atoms with Gasteiger partial charge in [0.1, 0.15) is 0 Å². The molecule has 2 unspecified atom stereocenters. The number of aromatic amines is 4. The Labute approximate surface area is 362 Å². The number of halogens is 2. The first-order valence-corrected chi connectivity index (χ1v) is 21.6. The fourth-order valence-corrected chi connectivity index (χ4v) is 9.44. The van der Waals surface area contributed by atoms with Crippen LogP contribution in [0.5, 0.6) is 0 Å². The van der Waals surface area contributed by atoms with Crippen molar-refractivity contribution in [3.63, 3.8) is 0 Å². The summed E-state index contributed by atoms with van der Waals surface area (Å²) < 4.78 is 7.63.